The summed E-state index contributed by atoms with van der Waals surface area (Å²) in [5.41, 5.74) is 0.266. The third kappa shape index (κ3) is 3.82. The zero-order chi connectivity index (χ0) is 17.0. The lowest BCUT2D eigenvalue weighted by atomic mass is 10.1. The Hall–Kier alpha value is -3.41. The molecule has 1 heterocycles. The Balaban J connectivity index is 2.16. The van der Waals surface area contributed by atoms with Crippen LogP contribution in [0.2, 0.25) is 0 Å². The second kappa shape index (κ2) is 6.57. The van der Waals surface area contributed by atoms with Crippen LogP contribution >= 0.6 is 0 Å². The van der Waals surface area contributed by atoms with E-state index in [-0.39, 0.29) is 29.3 Å². The van der Waals surface area contributed by atoms with Gasteiger partial charge in [0.1, 0.15) is 11.4 Å². The third-order valence-corrected chi connectivity index (χ3v) is 2.99. The first-order chi connectivity index (χ1) is 10.9. The lowest BCUT2D eigenvalue weighted by Crippen LogP contribution is -2.30. The summed E-state index contributed by atoms with van der Waals surface area (Å²) in [4.78, 5) is 23.9. The number of nitro groups is 1. The Morgan fingerprint density at radius 2 is 2.26 bits per heavy atom. The number of anilines is 2. The van der Waals surface area contributed by atoms with Gasteiger partial charge in [0, 0.05) is 19.2 Å². The van der Waals surface area contributed by atoms with Crippen LogP contribution in [0.1, 0.15) is 11.3 Å². The van der Waals surface area contributed by atoms with Crippen LogP contribution in [0.4, 0.5) is 17.2 Å². The quantitative estimate of drug-likeness (QED) is 0.659. The number of carbonyl (C=O) groups excluding carboxylic acids is 1. The number of nitro benzene ring substituents is 1. The van der Waals surface area contributed by atoms with Gasteiger partial charge in [-0.05, 0) is 19.1 Å². The SMILES string of the molecule is Cc1cc(NC(=O)CN(C)c2cc(C#N)ccc2[N+](=O)[O-])no1. The molecular weight excluding hydrogens is 302 g/mol. The van der Waals surface area contributed by atoms with Crippen LogP contribution in [0.3, 0.4) is 0 Å². The molecule has 0 bridgehead atoms. The Morgan fingerprint density at radius 1 is 1.52 bits per heavy atom. The van der Waals surface area contributed by atoms with Crippen molar-refractivity contribution < 1.29 is 14.2 Å². The highest BCUT2D eigenvalue weighted by Gasteiger charge is 2.20. The highest BCUT2D eigenvalue weighted by atomic mass is 16.6. The number of hydrogen-bond donors (Lipinski definition) is 1. The molecular formula is C14H13N5O4. The van der Waals surface area contributed by atoms with Crippen molar-refractivity contribution in [3.05, 3.63) is 45.7 Å². The lowest BCUT2D eigenvalue weighted by Gasteiger charge is -2.18. The van der Waals surface area contributed by atoms with Crippen molar-refractivity contribution in [2.45, 2.75) is 6.92 Å². The number of likely N-dealkylation sites (N-methyl/N-ethyl adjacent to an activating group) is 1. The van der Waals surface area contributed by atoms with Gasteiger partial charge < -0.3 is 14.7 Å². The molecule has 9 heteroatoms. The van der Waals surface area contributed by atoms with Crippen molar-refractivity contribution in [1.29, 1.82) is 5.26 Å². The molecule has 2 rings (SSSR count). The summed E-state index contributed by atoms with van der Waals surface area (Å²) >= 11 is 0. The van der Waals surface area contributed by atoms with Crippen molar-refractivity contribution in [1.82, 2.24) is 5.16 Å². The van der Waals surface area contributed by atoms with Crippen molar-refractivity contribution in [2.75, 3.05) is 23.8 Å². The Labute approximate surface area is 131 Å². The molecule has 0 saturated heterocycles. The molecule has 0 saturated carbocycles. The maximum atomic E-state index is 12.0. The summed E-state index contributed by atoms with van der Waals surface area (Å²) in [6.07, 6.45) is 0. The highest BCUT2D eigenvalue weighted by Crippen LogP contribution is 2.28. The predicted octanol–water partition coefficient (Wildman–Crippen LogP) is 1.84. The standard InChI is InChI=1S/C14H13N5O4/c1-9-5-13(17-23-9)16-14(20)8-18(2)12-6-10(7-15)3-4-11(12)19(21)22/h3-6H,8H2,1-2H3,(H,16,17,20). The van der Waals surface area contributed by atoms with Gasteiger partial charge in [-0.15, -0.1) is 0 Å². The smallest absolute Gasteiger partial charge is 0.292 e. The van der Waals surface area contributed by atoms with Crippen LogP contribution in [0, 0.1) is 28.4 Å². The molecule has 0 aliphatic rings. The molecule has 23 heavy (non-hydrogen) atoms. The molecule has 1 aromatic heterocycles. The number of hydrogen-bond acceptors (Lipinski definition) is 7. The summed E-state index contributed by atoms with van der Waals surface area (Å²) < 4.78 is 4.83. The minimum atomic E-state index is -0.564. The molecule has 0 unspecified atom stereocenters. The maximum Gasteiger partial charge on any atom is 0.292 e. The van der Waals surface area contributed by atoms with E-state index in [4.69, 9.17) is 9.78 Å². The molecule has 1 amide bonds. The molecule has 0 aliphatic carbocycles. The number of carbonyl (C=O) groups is 1. The first-order valence-corrected chi connectivity index (χ1v) is 6.53. The molecule has 0 spiro atoms. The number of nitriles is 1. The van der Waals surface area contributed by atoms with Crippen LogP contribution in [0.15, 0.2) is 28.8 Å². The fraction of sp³-hybridized carbons (Fsp3) is 0.214. The Kier molecular flexibility index (Phi) is 4.56. The summed E-state index contributed by atoms with van der Waals surface area (Å²) in [5.74, 6) is 0.393. The normalized spacial score (nSPS) is 9.96. The Morgan fingerprint density at radius 3 is 2.83 bits per heavy atom. The highest BCUT2D eigenvalue weighted by molar-refractivity contribution is 5.93. The van der Waals surface area contributed by atoms with E-state index in [0.29, 0.717) is 5.76 Å². The number of benzene rings is 1. The van der Waals surface area contributed by atoms with Crippen LogP contribution in [0.25, 0.3) is 0 Å². The van der Waals surface area contributed by atoms with E-state index in [1.54, 1.807) is 13.0 Å². The number of aryl methyl sites for hydroxylation is 1. The largest absolute Gasteiger partial charge is 0.360 e. The number of aromatic nitrogens is 1. The minimum Gasteiger partial charge on any atom is -0.360 e. The molecule has 9 nitrogen and oxygen atoms in total. The Bertz CT molecular complexity index is 793. The van der Waals surface area contributed by atoms with E-state index in [1.165, 1.54) is 30.1 Å². The third-order valence-electron chi connectivity index (χ3n) is 2.99. The first-order valence-electron chi connectivity index (χ1n) is 6.53. The first kappa shape index (κ1) is 16.0. The molecule has 0 atom stereocenters. The molecule has 0 fully saturated rings. The van der Waals surface area contributed by atoms with E-state index < -0.39 is 10.8 Å². The second-order valence-electron chi connectivity index (χ2n) is 4.80. The lowest BCUT2D eigenvalue weighted by molar-refractivity contribution is -0.384. The zero-order valence-corrected chi connectivity index (χ0v) is 12.4. The molecule has 0 radical (unpaired) electrons. The van der Waals surface area contributed by atoms with E-state index >= 15 is 0 Å². The predicted molar refractivity (Wildman–Crippen MR) is 81.0 cm³/mol. The molecule has 118 valence electrons. The van der Waals surface area contributed by atoms with Crippen molar-refractivity contribution in [2.24, 2.45) is 0 Å². The average Bonchev–Trinajstić information content (AvgIpc) is 2.91. The van der Waals surface area contributed by atoms with Crippen molar-refractivity contribution in [3.63, 3.8) is 0 Å². The van der Waals surface area contributed by atoms with Crippen LogP contribution in [-0.2, 0) is 4.79 Å². The summed E-state index contributed by atoms with van der Waals surface area (Å²) in [5, 5.41) is 26.1. The van der Waals surface area contributed by atoms with Gasteiger partial charge in [-0.2, -0.15) is 5.26 Å². The van der Waals surface area contributed by atoms with Gasteiger partial charge in [-0.25, -0.2) is 0 Å². The second-order valence-corrected chi connectivity index (χ2v) is 4.80. The molecule has 2 aromatic rings. The van der Waals surface area contributed by atoms with E-state index in [1.807, 2.05) is 6.07 Å². The maximum absolute atomic E-state index is 12.0. The minimum absolute atomic E-state index is 0.151. The molecule has 0 aliphatic heterocycles. The van der Waals surface area contributed by atoms with Gasteiger partial charge in [-0.1, -0.05) is 5.16 Å². The average molecular weight is 315 g/mol. The van der Waals surface area contributed by atoms with Gasteiger partial charge >= 0.3 is 0 Å². The van der Waals surface area contributed by atoms with E-state index in [9.17, 15) is 14.9 Å². The zero-order valence-electron chi connectivity index (χ0n) is 12.4. The number of nitrogens with zero attached hydrogens (tertiary/aromatic N) is 4. The summed E-state index contributed by atoms with van der Waals surface area (Å²) in [7, 11) is 1.52. The van der Waals surface area contributed by atoms with Gasteiger partial charge in [0.05, 0.1) is 23.1 Å². The van der Waals surface area contributed by atoms with Gasteiger partial charge in [-0.3, -0.25) is 14.9 Å². The summed E-state index contributed by atoms with van der Waals surface area (Å²) in [6, 6.07) is 7.43. The molecule has 1 N–H and O–H groups in total. The van der Waals surface area contributed by atoms with Gasteiger partial charge in [0.25, 0.3) is 5.69 Å². The van der Waals surface area contributed by atoms with Gasteiger partial charge in [0.15, 0.2) is 5.82 Å². The van der Waals surface area contributed by atoms with E-state index in [0.717, 1.165) is 0 Å². The monoisotopic (exact) mass is 315 g/mol. The van der Waals surface area contributed by atoms with Crippen LogP contribution < -0.4 is 10.2 Å². The van der Waals surface area contributed by atoms with Crippen molar-refractivity contribution >= 4 is 23.1 Å². The fourth-order valence-electron chi connectivity index (χ4n) is 1.96. The van der Waals surface area contributed by atoms with Crippen LogP contribution in [0.5, 0.6) is 0 Å². The molecule has 1 aromatic carbocycles. The van der Waals surface area contributed by atoms with Crippen molar-refractivity contribution in [3.8, 4) is 6.07 Å². The number of rotatable bonds is 5. The van der Waals surface area contributed by atoms with Gasteiger partial charge in [0.2, 0.25) is 5.91 Å². The summed E-state index contributed by atoms with van der Waals surface area (Å²) in [6.45, 7) is 1.53. The topological polar surface area (TPSA) is 125 Å². The van der Waals surface area contributed by atoms with Crippen LogP contribution in [-0.4, -0.2) is 29.6 Å². The van der Waals surface area contributed by atoms with E-state index in [2.05, 4.69) is 10.5 Å². The number of amides is 1. The number of nitrogens with one attached hydrogen (secondary N) is 1. The fourth-order valence-corrected chi connectivity index (χ4v) is 1.96.